The lowest BCUT2D eigenvalue weighted by molar-refractivity contribution is -0.384. The second-order valence-electron chi connectivity index (χ2n) is 12.9. The number of nitro benzene ring substituents is 1. The number of carbonyl (C=O) groups excluding carboxylic acids is 2. The lowest BCUT2D eigenvalue weighted by atomic mass is 9.97. The normalized spacial score (nSPS) is 22.9. The van der Waals surface area contributed by atoms with E-state index in [1.807, 2.05) is 60.7 Å². The molecule has 2 N–H and O–H groups in total. The average molecular weight is 685 g/mol. The number of nitrogens with zero attached hydrogens (tertiary/aromatic N) is 2. The molecule has 0 unspecified atom stereocenters. The van der Waals surface area contributed by atoms with Gasteiger partial charge in [0.1, 0.15) is 29.8 Å². The summed E-state index contributed by atoms with van der Waals surface area (Å²) < 4.78 is 13.6. The summed E-state index contributed by atoms with van der Waals surface area (Å²) in [6.45, 7) is 6.27. The molecule has 6 rings (SSSR count). The Morgan fingerprint density at radius 1 is 0.812 bits per heavy atom. The number of non-ortho nitro benzene ring substituents is 1. The third kappa shape index (κ3) is 6.00. The highest BCUT2D eigenvalue weighted by molar-refractivity contribution is 7.99. The summed E-state index contributed by atoms with van der Waals surface area (Å²) in [7, 11) is -3.07. The van der Waals surface area contributed by atoms with Crippen LogP contribution in [0.1, 0.15) is 41.5 Å². The molecule has 5 atom stereocenters. The van der Waals surface area contributed by atoms with Gasteiger partial charge in [0, 0.05) is 17.0 Å². The van der Waals surface area contributed by atoms with Crippen molar-refractivity contribution >= 4 is 48.0 Å². The predicted molar refractivity (Wildman–Crippen MR) is 184 cm³/mol. The smallest absolute Gasteiger partial charge is 0.269 e. The third-order valence-corrected chi connectivity index (χ3v) is 15.1. The molecule has 1 fully saturated rings. The van der Waals surface area contributed by atoms with Gasteiger partial charge in [0.2, 0.25) is 0 Å². The maximum absolute atomic E-state index is 13.6. The number of nitro groups is 1. The number of aliphatic hydroxyl groups excluding tert-OH is 2. The Morgan fingerprint density at radius 3 is 1.79 bits per heavy atom. The standard InChI is InChI=1S/C36H36N2O8SSi/c1-36(2,3)48(25-12-6-4-7-13-25,26-14-8-5-9-15-26)45-22-29-31(39)32(40)30(37-33(41)27-16-10-11-17-28(27)34(37)42)35(46-29)47-24-20-18-23(19-21-24)38(43)44/h4-21,29-32,35,39-40H,22H2,1-3H3/t29-,30-,31-,32-,35+/m1/s1. The molecule has 0 radical (unpaired) electrons. The van der Waals surface area contributed by atoms with Crippen molar-refractivity contribution in [2.75, 3.05) is 6.61 Å². The number of hydrogen-bond acceptors (Lipinski definition) is 9. The van der Waals surface area contributed by atoms with Gasteiger partial charge in [-0.2, -0.15) is 0 Å². The molecule has 0 spiro atoms. The summed E-state index contributed by atoms with van der Waals surface area (Å²) >= 11 is 1.10. The molecular formula is C36H36N2O8SSi. The molecule has 48 heavy (non-hydrogen) atoms. The van der Waals surface area contributed by atoms with Crippen molar-refractivity contribution in [2.24, 2.45) is 0 Å². The molecule has 2 aliphatic heterocycles. The van der Waals surface area contributed by atoms with Gasteiger partial charge in [-0.05, 0) is 39.7 Å². The highest BCUT2D eigenvalue weighted by atomic mass is 32.2. The van der Waals surface area contributed by atoms with Gasteiger partial charge in [0.05, 0.1) is 22.7 Å². The topological polar surface area (TPSA) is 139 Å². The fourth-order valence-electron chi connectivity index (χ4n) is 6.65. The van der Waals surface area contributed by atoms with Crippen molar-refractivity contribution < 1.29 is 33.9 Å². The summed E-state index contributed by atoms with van der Waals surface area (Å²) in [4.78, 5) is 39.5. The Balaban J connectivity index is 1.36. The number of amides is 2. The van der Waals surface area contributed by atoms with Crippen molar-refractivity contribution in [3.05, 3.63) is 130 Å². The van der Waals surface area contributed by atoms with Crippen LogP contribution in [0.25, 0.3) is 0 Å². The lowest BCUT2D eigenvalue weighted by Gasteiger charge is -2.47. The first-order valence-corrected chi connectivity index (χ1v) is 18.4. The van der Waals surface area contributed by atoms with Crippen LogP contribution in [0, 0.1) is 10.1 Å². The Labute approximate surface area is 283 Å². The zero-order chi connectivity index (χ0) is 34.2. The average Bonchev–Trinajstić information content (AvgIpc) is 3.33. The van der Waals surface area contributed by atoms with Gasteiger partial charge in [-0.3, -0.25) is 24.6 Å². The molecule has 12 heteroatoms. The molecule has 1 saturated heterocycles. The van der Waals surface area contributed by atoms with Gasteiger partial charge in [0.25, 0.3) is 25.8 Å². The Hall–Kier alpha value is -4.17. The summed E-state index contributed by atoms with van der Waals surface area (Å²) in [5, 5.41) is 36.3. The molecule has 2 amide bonds. The van der Waals surface area contributed by atoms with E-state index in [1.54, 1.807) is 24.3 Å². The van der Waals surface area contributed by atoms with Crippen molar-refractivity contribution in [1.29, 1.82) is 0 Å². The number of imide groups is 1. The Kier molecular flexibility index (Phi) is 9.40. The summed E-state index contributed by atoms with van der Waals surface area (Å²) in [5.74, 6) is -1.21. The number of hydrogen-bond donors (Lipinski definition) is 2. The van der Waals surface area contributed by atoms with Crippen LogP contribution in [0.4, 0.5) is 5.69 Å². The molecule has 0 bridgehead atoms. The van der Waals surface area contributed by atoms with Gasteiger partial charge in [0.15, 0.2) is 0 Å². The maximum Gasteiger partial charge on any atom is 0.269 e. The van der Waals surface area contributed by atoms with Crippen molar-refractivity contribution in [2.45, 2.75) is 60.5 Å². The first-order valence-electron chi connectivity index (χ1n) is 15.6. The molecule has 2 heterocycles. The Bertz CT molecular complexity index is 1730. The van der Waals surface area contributed by atoms with E-state index in [1.165, 1.54) is 24.3 Å². The maximum atomic E-state index is 13.6. The largest absolute Gasteiger partial charge is 0.405 e. The summed E-state index contributed by atoms with van der Waals surface area (Å²) in [5.41, 5.74) is -0.770. The first kappa shape index (κ1) is 33.7. The molecule has 10 nitrogen and oxygen atoms in total. The van der Waals surface area contributed by atoms with E-state index in [2.05, 4.69) is 20.8 Å². The van der Waals surface area contributed by atoms with Gasteiger partial charge in [-0.1, -0.05) is 105 Å². The van der Waals surface area contributed by atoms with Gasteiger partial charge in [-0.25, -0.2) is 0 Å². The van der Waals surface area contributed by atoms with Crippen LogP contribution in [0.5, 0.6) is 0 Å². The van der Waals surface area contributed by atoms with Crippen LogP contribution in [-0.4, -0.2) is 76.6 Å². The molecule has 0 aromatic heterocycles. The molecule has 4 aromatic carbocycles. The molecule has 4 aromatic rings. The second-order valence-corrected chi connectivity index (χ2v) is 18.4. The van der Waals surface area contributed by atoms with Crippen LogP contribution in [-0.2, 0) is 9.16 Å². The highest BCUT2D eigenvalue weighted by Gasteiger charge is 2.55. The number of ether oxygens (including phenoxy) is 1. The SMILES string of the molecule is CC(C)(C)[Si](OC[C@H]1O[C@@H](Sc2ccc([N+](=O)[O-])cc2)[C@H](N2C(=O)c3ccccc3C2=O)[C@@H](O)[C@@H]1O)(c1ccccc1)c1ccccc1. The van der Waals surface area contributed by atoms with Crippen LogP contribution < -0.4 is 10.4 Å². The summed E-state index contributed by atoms with van der Waals surface area (Å²) in [6.07, 6.45) is -4.17. The first-order chi connectivity index (χ1) is 22.9. The van der Waals surface area contributed by atoms with Gasteiger partial charge < -0.3 is 19.4 Å². The number of fused-ring (bicyclic) bond motifs is 1. The minimum atomic E-state index is -3.07. The zero-order valence-electron chi connectivity index (χ0n) is 26.6. The number of aliphatic hydroxyl groups is 2. The highest BCUT2D eigenvalue weighted by Crippen LogP contribution is 2.41. The number of thioether (sulfide) groups is 1. The van der Waals surface area contributed by atoms with E-state index in [4.69, 9.17) is 9.16 Å². The van der Waals surface area contributed by atoms with Crippen LogP contribution in [0.15, 0.2) is 114 Å². The third-order valence-electron chi connectivity index (χ3n) is 8.97. The van der Waals surface area contributed by atoms with E-state index in [-0.39, 0.29) is 28.5 Å². The second kappa shape index (κ2) is 13.4. The fourth-order valence-corrected chi connectivity index (χ4v) is 12.4. The fraction of sp³-hybridized carbons (Fsp3) is 0.278. The van der Waals surface area contributed by atoms with Crippen LogP contribution >= 0.6 is 11.8 Å². The van der Waals surface area contributed by atoms with Crippen LogP contribution in [0.2, 0.25) is 5.04 Å². The van der Waals surface area contributed by atoms with Gasteiger partial charge >= 0.3 is 0 Å². The zero-order valence-corrected chi connectivity index (χ0v) is 28.4. The van der Waals surface area contributed by atoms with Crippen LogP contribution in [0.3, 0.4) is 0 Å². The molecule has 0 aliphatic carbocycles. The molecule has 0 saturated carbocycles. The summed E-state index contributed by atoms with van der Waals surface area (Å²) in [6, 6.07) is 30.8. The van der Waals surface area contributed by atoms with Crippen molar-refractivity contribution in [3.63, 3.8) is 0 Å². The number of benzene rings is 4. The van der Waals surface area contributed by atoms with E-state index < -0.39 is 54.8 Å². The number of rotatable bonds is 9. The lowest BCUT2D eigenvalue weighted by Crippen LogP contribution is -2.69. The molecule has 2 aliphatic rings. The molecular weight excluding hydrogens is 649 g/mol. The number of carbonyl (C=O) groups is 2. The quantitative estimate of drug-likeness (QED) is 0.114. The monoisotopic (exact) mass is 684 g/mol. The minimum Gasteiger partial charge on any atom is -0.405 e. The van der Waals surface area contributed by atoms with E-state index in [0.717, 1.165) is 27.0 Å². The van der Waals surface area contributed by atoms with E-state index in [0.29, 0.717) is 4.90 Å². The predicted octanol–water partition coefficient (Wildman–Crippen LogP) is 4.38. The van der Waals surface area contributed by atoms with Crippen molar-refractivity contribution in [1.82, 2.24) is 4.90 Å². The molecule has 248 valence electrons. The van der Waals surface area contributed by atoms with Crippen molar-refractivity contribution in [3.8, 4) is 0 Å². The van der Waals surface area contributed by atoms with E-state index >= 15 is 0 Å². The minimum absolute atomic E-state index is 0.0995. The Morgan fingerprint density at radius 2 is 1.31 bits per heavy atom. The van der Waals surface area contributed by atoms with Gasteiger partial charge in [-0.15, -0.1) is 0 Å². The van der Waals surface area contributed by atoms with E-state index in [9.17, 15) is 29.9 Å².